The van der Waals surface area contributed by atoms with Gasteiger partial charge in [-0.25, -0.2) is 0 Å². The summed E-state index contributed by atoms with van der Waals surface area (Å²) in [4.78, 5) is 85.0. The highest BCUT2D eigenvalue weighted by Gasteiger charge is 2.44. The number of aliphatic hydroxyl groups excluding tert-OH is 1. The zero-order valence-electron chi connectivity index (χ0n) is 29.3. The maximum absolute atomic E-state index is 14.5. The molecule has 0 radical (unpaired) electrons. The fourth-order valence-electron chi connectivity index (χ4n) is 6.40. The second kappa shape index (κ2) is 17.4. The smallest absolute Gasteiger partial charge is 0.258 e. The van der Waals surface area contributed by atoms with Crippen molar-refractivity contribution in [3.63, 3.8) is 0 Å². The van der Waals surface area contributed by atoms with Crippen LogP contribution in [0.4, 0.5) is 0 Å². The molecule has 0 aliphatic carbocycles. The summed E-state index contributed by atoms with van der Waals surface area (Å²) < 4.78 is 5.75. The maximum atomic E-state index is 14.5. The number of H-pyrrole nitrogens is 1. The average Bonchev–Trinajstić information content (AvgIpc) is 3.73. The number of aromatic amines is 1. The minimum absolute atomic E-state index is 0.0114. The molecule has 6 atom stereocenters. The molecular formula is C36H45N7O8S. The van der Waals surface area contributed by atoms with Crippen LogP contribution in [0.2, 0.25) is 0 Å². The van der Waals surface area contributed by atoms with E-state index in [1.165, 1.54) is 30.5 Å². The molecule has 7 N–H and O–H groups in total. The topological polar surface area (TPSA) is 211 Å². The number of amides is 6. The summed E-state index contributed by atoms with van der Waals surface area (Å²) in [5, 5.41) is 25.0. The summed E-state index contributed by atoms with van der Waals surface area (Å²) in [5.74, 6) is -2.86. The van der Waals surface area contributed by atoms with Gasteiger partial charge in [0.2, 0.25) is 29.5 Å². The van der Waals surface area contributed by atoms with Crippen LogP contribution in [0.15, 0.2) is 54.7 Å². The van der Waals surface area contributed by atoms with Crippen molar-refractivity contribution < 1.29 is 38.6 Å². The molecule has 0 saturated carbocycles. The second-order valence-corrected chi connectivity index (χ2v) is 13.9. The molecule has 1 aromatic heterocycles. The Balaban J connectivity index is 1.48. The van der Waals surface area contributed by atoms with Crippen molar-refractivity contribution in [2.24, 2.45) is 0 Å². The standard InChI is InChI=1S/C36H45N7O8S/c1-20-33(47)37-13-12-22-8-10-25(11-9-22)51-18-30(45)41-28(14-23-16-38-27-7-5-4-6-26(23)27)36(50)43-17-24(40-31(46)19-52-3)15-29(43)34(48)42-32(21(2)44)35(49)39-20/h4-11,16,20-21,24,28-29,32,38,44H,12-15,17-19H2,1-3H3,(H,37,47)(H,39,49)(H,40,46)(H,41,45)(H,42,48)/t20-,21+,24-,28+,29-,32-/m0/s1. The molecule has 2 aromatic carbocycles. The highest BCUT2D eigenvalue weighted by Crippen LogP contribution is 2.24. The number of fused-ring (bicyclic) bond motifs is 17. The van der Waals surface area contributed by atoms with E-state index < -0.39 is 72.5 Å². The van der Waals surface area contributed by atoms with E-state index in [1.54, 1.807) is 36.7 Å². The Kier molecular flexibility index (Phi) is 12.8. The molecule has 3 aliphatic heterocycles. The van der Waals surface area contributed by atoms with Gasteiger partial charge < -0.3 is 46.3 Å². The number of para-hydroxylation sites is 1. The number of carbonyl (C=O) groups is 6. The van der Waals surface area contributed by atoms with E-state index in [0.29, 0.717) is 12.2 Å². The summed E-state index contributed by atoms with van der Waals surface area (Å²) in [7, 11) is 0. The molecule has 15 nitrogen and oxygen atoms in total. The molecule has 1 saturated heterocycles. The second-order valence-electron chi connectivity index (χ2n) is 13.1. The third-order valence-corrected chi connectivity index (χ3v) is 9.63. The molecule has 6 rings (SSSR count). The first kappa shape index (κ1) is 38.1. The van der Waals surface area contributed by atoms with Gasteiger partial charge >= 0.3 is 0 Å². The number of hydrogen-bond acceptors (Lipinski definition) is 9. The summed E-state index contributed by atoms with van der Waals surface area (Å²) >= 11 is 1.32. The van der Waals surface area contributed by atoms with Gasteiger partial charge in [0.15, 0.2) is 6.61 Å². The first-order chi connectivity index (χ1) is 24.9. The van der Waals surface area contributed by atoms with Gasteiger partial charge in [-0.1, -0.05) is 30.3 Å². The molecule has 1 fully saturated rings. The predicted molar refractivity (Wildman–Crippen MR) is 194 cm³/mol. The van der Waals surface area contributed by atoms with Crippen LogP contribution in [0, 0.1) is 0 Å². The van der Waals surface area contributed by atoms with Crippen LogP contribution in [0.5, 0.6) is 5.75 Å². The molecule has 278 valence electrons. The third kappa shape index (κ3) is 9.61. The van der Waals surface area contributed by atoms with Gasteiger partial charge in [0.25, 0.3) is 5.91 Å². The van der Waals surface area contributed by atoms with Crippen molar-refractivity contribution in [1.29, 1.82) is 0 Å². The zero-order chi connectivity index (χ0) is 37.4. The quantitative estimate of drug-likeness (QED) is 0.167. The van der Waals surface area contributed by atoms with Gasteiger partial charge in [-0.15, -0.1) is 0 Å². The van der Waals surface area contributed by atoms with Gasteiger partial charge in [0.05, 0.1) is 11.9 Å². The highest BCUT2D eigenvalue weighted by atomic mass is 32.2. The Hall–Kier alpha value is -5.09. The van der Waals surface area contributed by atoms with Gasteiger partial charge in [0.1, 0.15) is 29.9 Å². The monoisotopic (exact) mass is 735 g/mol. The van der Waals surface area contributed by atoms with Crippen LogP contribution in [0.25, 0.3) is 10.9 Å². The number of aliphatic hydroxyl groups is 1. The van der Waals surface area contributed by atoms with Gasteiger partial charge in [-0.3, -0.25) is 28.8 Å². The molecule has 16 heteroatoms. The van der Waals surface area contributed by atoms with Crippen LogP contribution in [-0.4, -0.2) is 118 Å². The van der Waals surface area contributed by atoms with Crippen molar-refractivity contribution in [1.82, 2.24) is 36.5 Å². The number of ether oxygens (including phenoxy) is 1. The molecule has 6 amide bonds. The molecule has 3 aromatic rings. The number of rotatable bonds is 6. The van der Waals surface area contributed by atoms with Crippen LogP contribution in [0.1, 0.15) is 31.4 Å². The van der Waals surface area contributed by atoms with Crippen molar-refractivity contribution in [2.45, 2.75) is 69.4 Å². The van der Waals surface area contributed by atoms with Crippen LogP contribution in [0.3, 0.4) is 0 Å². The Morgan fingerprint density at radius 3 is 2.50 bits per heavy atom. The Morgan fingerprint density at radius 1 is 1.02 bits per heavy atom. The summed E-state index contributed by atoms with van der Waals surface area (Å²) in [5.41, 5.74) is 2.48. The van der Waals surface area contributed by atoms with E-state index >= 15 is 0 Å². The zero-order valence-corrected chi connectivity index (χ0v) is 30.1. The fourth-order valence-corrected chi connectivity index (χ4v) is 6.74. The first-order valence-corrected chi connectivity index (χ1v) is 18.5. The van der Waals surface area contributed by atoms with Crippen LogP contribution >= 0.6 is 11.8 Å². The lowest BCUT2D eigenvalue weighted by molar-refractivity contribution is -0.143. The predicted octanol–water partition coefficient (Wildman–Crippen LogP) is -0.234. The summed E-state index contributed by atoms with van der Waals surface area (Å²) in [6.45, 7) is 2.63. The average molecular weight is 736 g/mol. The van der Waals surface area contributed by atoms with Crippen LogP contribution < -0.4 is 31.3 Å². The molecule has 4 heterocycles. The molecule has 52 heavy (non-hydrogen) atoms. The van der Waals surface area contributed by atoms with Crippen molar-refractivity contribution in [3.8, 4) is 5.75 Å². The largest absolute Gasteiger partial charge is 0.484 e. The Labute approximate surface area is 305 Å². The molecule has 0 spiro atoms. The first-order valence-electron chi connectivity index (χ1n) is 17.1. The lowest BCUT2D eigenvalue weighted by Gasteiger charge is -2.30. The van der Waals surface area contributed by atoms with E-state index in [2.05, 4.69) is 31.6 Å². The van der Waals surface area contributed by atoms with Gasteiger partial charge in [-0.2, -0.15) is 11.8 Å². The van der Waals surface area contributed by atoms with Crippen molar-refractivity contribution in [2.75, 3.05) is 31.7 Å². The normalized spacial score (nSPS) is 24.3. The number of nitrogens with one attached hydrogen (secondary N) is 6. The van der Waals surface area contributed by atoms with Gasteiger partial charge in [-0.05, 0) is 62.3 Å². The molecule has 2 bridgehead atoms. The van der Waals surface area contributed by atoms with E-state index in [1.807, 2.05) is 24.3 Å². The third-order valence-electron chi connectivity index (χ3n) is 9.08. The van der Waals surface area contributed by atoms with Gasteiger partial charge in [0, 0.05) is 42.7 Å². The number of hydrogen-bond donors (Lipinski definition) is 7. The van der Waals surface area contributed by atoms with Crippen molar-refractivity contribution >= 4 is 58.1 Å². The molecule has 3 aliphatic rings. The van der Waals surface area contributed by atoms with Crippen molar-refractivity contribution in [3.05, 3.63) is 65.9 Å². The lowest BCUT2D eigenvalue weighted by Crippen LogP contribution is -2.60. The number of carbonyl (C=O) groups excluding carboxylic acids is 6. The number of nitrogens with zero attached hydrogens (tertiary/aromatic N) is 1. The SMILES string of the molecule is CSCC(=O)N[C@H]1C[C@H]2C(=O)N[C@@H]([C@@H](C)O)C(=O)N[C@@H](C)C(=O)NCCc3ccc(cc3)OCC(=O)N[C@H](Cc3c[nH]c4ccccc34)C(=O)N2C1. The minimum atomic E-state index is -1.47. The number of thioether (sulfide) groups is 1. The minimum Gasteiger partial charge on any atom is -0.484 e. The summed E-state index contributed by atoms with van der Waals surface area (Å²) in [6.07, 6.45) is 2.72. The number of benzene rings is 2. The van der Waals surface area contributed by atoms with Crippen LogP contribution in [-0.2, 0) is 41.6 Å². The van der Waals surface area contributed by atoms with E-state index in [-0.39, 0.29) is 37.6 Å². The lowest BCUT2D eigenvalue weighted by atomic mass is 10.0. The Bertz CT molecular complexity index is 1780. The van der Waals surface area contributed by atoms with E-state index in [4.69, 9.17) is 4.74 Å². The van der Waals surface area contributed by atoms with E-state index in [9.17, 15) is 33.9 Å². The Morgan fingerprint density at radius 2 is 1.77 bits per heavy atom. The molecular weight excluding hydrogens is 691 g/mol. The summed E-state index contributed by atoms with van der Waals surface area (Å²) in [6, 6.07) is 9.10. The van der Waals surface area contributed by atoms with E-state index in [0.717, 1.165) is 22.0 Å². The highest BCUT2D eigenvalue weighted by molar-refractivity contribution is 7.99. The number of aromatic nitrogens is 1. The molecule has 0 unspecified atom stereocenters. The maximum Gasteiger partial charge on any atom is 0.258 e. The fraction of sp³-hybridized carbons (Fsp3) is 0.444.